The standard InChI is InChI=1S/C14H19ClN2O/c15-9-2-1-6-14(18)17(16)13-8-7-11-4-3-5-12(11)10-13/h7-8,10H,1-6,9,16H2. The number of hydrazine groups is 1. The number of nitrogens with zero attached hydrogens (tertiary/aromatic N) is 1. The zero-order valence-electron chi connectivity index (χ0n) is 10.5. The van der Waals surface area contributed by atoms with Gasteiger partial charge in [0.25, 0.3) is 0 Å². The number of alkyl halides is 1. The van der Waals surface area contributed by atoms with E-state index in [1.165, 1.54) is 22.6 Å². The maximum absolute atomic E-state index is 11.9. The molecule has 1 aromatic rings. The summed E-state index contributed by atoms with van der Waals surface area (Å²) in [5.41, 5.74) is 3.52. The monoisotopic (exact) mass is 266 g/mol. The van der Waals surface area contributed by atoms with E-state index in [1.54, 1.807) is 0 Å². The lowest BCUT2D eigenvalue weighted by atomic mass is 10.1. The Morgan fingerprint density at radius 3 is 2.83 bits per heavy atom. The molecule has 1 aliphatic rings. The first kappa shape index (κ1) is 13.4. The highest BCUT2D eigenvalue weighted by molar-refractivity contribution is 6.17. The number of amides is 1. The highest BCUT2D eigenvalue weighted by atomic mass is 35.5. The van der Waals surface area contributed by atoms with Crippen molar-refractivity contribution in [3.05, 3.63) is 29.3 Å². The highest BCUT2D eigenvalue weighted by Crippen LogP contribution is 2.26. The molecule has 0 aliphatic heterocycles. The maximum Gasteiger partial charge on any atom is 0.241 e. The lowest BCUT2D eigenvalue weighted by Gasteiger charge is -2.17. The Hall–Kier alpha value is -1.06. The Bertz CT molecular complexity index is 434. The van der Waals surface area contributed by atoms with Gasteiger partial charge < -0.3 is 0 Å². The lowest BCUT2D eigenvalue weighted by molar-refractivity contribution is -0.118. The zero-order chi connectivity index (χ0) is 13.0. The minimum atomic E-state index is -0.0435. The molecule has 1 amide bonds. The quantitative estimate of drug-likeness (QED) is 0.293. The third kappa shape index (κ3) is 3.03. The van der Waals surface area contributed by atoms with Gasteiger partial charge in [-0.15, -0.1) is 11.6 Å². The van der Waals surface area contributed by atoms with Crippen LogP contribution >= 0.6 is 11.6 Å². The van der Waals surface area contributed by atoms with Gasteiger partial charge in [-0.2, -0.15) is 0 Å². The number of anilines is 1. The van der Waals surface area contributed by atoms with Crippen molar-refractivity contribution in [2.75, 3.05) is 10.9 Å². The predicted molar refractivity (Wildman–Crippen MR) is 74.7 cm³/mol. The number of hydrogen-bond donors (Lipinski definition) is 1. The molecule has 0 heterocycles. The molecule has 98 valence electrons. The van der Waals surface area contributed by atoms with Crippen LogP contribution in [-0.2, 0) is 17.6 Å². The van der Waals surface area contributed by atoms with Gasteiger partial charge in [0.1, 0.15) is 0 Å². The third-order valence-corrected chi connectivity index (χ3v) is 3.67. The summed E-state index contributed by atoms with van der Waals surface area (Å²) in [6.45, 7) is 0. The molecule has 1 aromatic carbocycles. The largest absolute Gasteiger partial charge is 0.273 e. The van der Waals surface area contributed by atoms with Crippen molar-refractivity contribution >= 4 is 23.2 Å². The van der Waals surface area contributed by atoms with Gasteiger partial charge in [-0.3, -0.25) is 4.79 Å². The van der Waals surface area contributed by atoms with E-state index in [1.807, 2.05) is 12.1 Å². The van der Waals surface area contributed by atoms with Gasteiger partial charge in [-0.05, 0) is 55.4 Å². The molecule has 3 nitrogen and oxygen atoms in total. The van der Waals surface area contributed by atoms with Crippen LogP contribution in [0.3, 0.4) is 0 Å². The fourth-order valence-electron chi connectivity index (χ4n) is 2.34. The summed E-state index contributed by atoms with van der Waals surface area (Å²) in [7, 11) is 0. The first-order valence-electron chi connectivity index (χ1n) is 6.48. The van der Waals surface area contributed by atoms with Gasteiger partial charge in [0.05, 0.1) is 5.69 Å². The number of aryl methyl sites for hydroxylation is 2. The average molecular weight is 267 g/mol. The second kappa shape index (κ2) is 6.21. The number of carbonyl (C=O) groups excluding carboxylic acids is 1. The third-order valence-electron chi connectivity index (χ3n) is 3.40. The van der Waals surface area contributed by atoms with Crippen LogP contribution in [0.2, 0.25) is 0 Å². The molecule has 0 aromatic heterocycles. The molecule has 4 heteroatoms. The molecule has 0 fully saturated rings. The van der Waals surface area contributed by atoms with Crippen molar-refractivity contribution in [3.8, 4) is 0 Å². The minimum absolute atomic E-state index is 0.0435. The second-order valence-corrected chi connectivity index (χ2v) is 5.09. The molecule has 0 spiro atoms. The van der Waals surface area contributed by atoms with Gasteiger partial charge in [0.15, 0.2) is 0 Å². The molecule has 0 saturated heterocycles. The van der Waals surface area contributed by atoms with Crippen LogP contribution < -0.4 is 10.9 Å². The molecule has 0 radical (unpaired) electrons. The molecule has 2 N–H and O–H groups in total. The van der Waals surface area contributed by atoms with E-state index in [-0.39, 0.29) is 5.91 Å². The second-order valence-electron chi connectivity index (χ2n) is 4.72. The number of nitrogens with two attached hydrogens (primary N) is 1. The van der Waals surface area contributed by atoms with Crippen LogP contribution in [0.25, 0.3) is 0 Å². The van der Waals surface area contributed by atoms with E-state index in [2.05, 4.69) is 6.07 Å². The van der Waals surface area contributed by atoms with E-state index in [0.29, 0.717) is 12.3 Å². The summed E-state index contributed by atoms with van der Waals surface area (Å²) in [5.74, 6) is 6.42. The molecule has 0 saturated carbocycles. The van der Waals surface area contributed by atoms with Crippen LogP contribution in [0.1, 0.15) is 36.8 Å². The van der Waals surface area contributed by atoms with Gasteiger partial charge in [0.2, 0.25) is 5.91 Å². The Kier molecular flexibility index (Phi) is 4.61. The van der Waals surface area contributed by atoms with Gasteiger partial charge >= 0.3 is 0 Å². The van der Waals surface area contributed by atoms with E-state index >= 15 is 0 Å². The molecular formula is C14H19ClN2O. The molecule has 0 atom stereocenters. The first-order chi connectivity index (χ1) is 8.72. The highest BCUT2D eigenvalue weighted by Gasteiger charge is 2.15. The lowest BCUT2D eigenvalue weighted by Crippen LogP contribution is -2.37. The number of rotatable bonds is 5. The molecule has 18 heavy (non-hydrogen) atoms. The fraction of sp³-hybridized carbons (Fsp3) is 0.500. The molecule has 0 bridgehead atoms. The zero-order valence-corrected chi connectivity index (χ0v) is 11.2. The Morgan fingerprint density at radius 1 is 1.28 bits per heavy atom. The molecule has 1 aliphatic carbocycles. The number of fused-ring (bicyclic) bond motifs is 1. The molecular weight excluding hydrogens is 248 g/mol. The fourth-order valence-corrected chi connectivity index (χ4v) is 2.53. The van der Waals surface area contributed by atoms with Crippen LogP contribution in [0.5, 0.6) is 0 Å². The summed E-state index contributed by atoms with van der Waals surface area (Å²) < 4.78 is 0. The van der Waals surface area contributed by atoms with Crippen molar-refractivity contribution in [3.63, 3.8) is 0 Å². The maximum atomic E-state index is 11.9. The summed E-state index contributed by atoms with van der Waals surface area (Å²) in [6.07, 6.45) is 5.54. The molecule has 0 unspecified atom stereocenters. The summed E-state index contributed by atoms with van der Waals surface area (Å²) in [4.78, 5) is 11.9. The SMILES string of the molecule is NN(C(=O)CCCCCl)c1ccc2c(c1)CCC2. The van der Waals surface area contributed by atoms with Gasteiger partial charge in [-0.1, -0.05) is 6.07 Å². The summed E-state index contributed by atoms with van der Waals surface area (Å²) in [6, 6.07) is 6.06. The number of halogens is 1. The Morgan fingerprint density at radius 2 is 2.06 bits per heavy atom. The van der Waals surface area contributed by atoms with Crippen LogP contribution in [-0.4, -0.2) is 11.8 Å². The Balaban J connectivity index is 2.00. The number of hydrogen-bond acceptors (Lipinski definition) is 2. The topological polar surface area (TPSA) is 46.3 Å². The van der Waals surface area contributed by atoms with Crippen LogP contribution in [0.15, 0.2) is 18.2 Å². The van der Waals surface area contributed by atoms with Gasteiger partial charge in [0, 0.05) is 12.3 Å². The van der Waals surface area contributed by atoms with Crippen molar-refractivity contribution in [2.24, 2.45) is 5.84 Å². The van der Waals surface area contributed by atoms with E-state index in [0.717, 1.165) is 31.4 Å². The van der Waals surface area contributed by atoms with E-state index in [9.17, 15) is 4.79 Å². The number of carbonyl (C=O) groups is 1. The van der Waals surface area contributed by atoms with Crippen molar-refractivity contribution in [2.45, 2.75) is 38.5 Å². The van der Waals surface area contributed by atoms with Crippen molar-refractivity contribution in [1.82, 2.24) is 0 Å². The average Bonchev–Trinajstić information content (AvgIpc) is 2.85. The summed E-state index contributed by atoms with van der Waals surface area (Å²) >= 11 is 5.59. The van der Waals surface area contributed by atoms with Crippen LogP contribution in [0.4, 0.5) is 5.69 Å². The first-order valence-corrected chi connectivity index (χ1v) is 7.01. The predicted octanol–water partition coefficient (Wildman–Crippen LogP) is 2.79. The minimum Gasteiger partial charge on any atom is -0.273 e. The van der Waals surface area contributed by atoms with Crippen molar-refractivity contribution in [1.29, 1.82) is 0 Å². The summed E-state index contributed by atoms with van der Waals surface area (Å²) in [5, 5.41) is 1.27. The number of unbranched alkanes of at least 4 members (excludes halogenated alkanes) is 1. The smallest absolute Gasteiger partial charge is 0.241 e. The van der Waals surface area contributed by atoms with Crippen LogP contribution in [0, 0.1) is 0 Å². The van der Waals surface area contributed by atoms with Crippen molar-refractivity contribution < 1.29 is 4.79 Å². The molecule has 2 rings (SSSR count). The van der Waals surface area contributed by atoms with Gasteiger partial charge in [-0.25, -0.2) is 10.9 Å². The Labute approximate surface area is 113 Å². The number of benzene rings is 1. The van der Waals surface area contributed by atoms with E-state index in [4.69, 9.17) is 17.4 Å². The normalized spacial score (nSPS) is 13.4. The van der Waals surface area contributed by atoms with E-state index < -0.39 is 0 Å².